The summed E-state index contributed by atoms with van der Waals surface area (Å²) in [5, 5.41) is 12.7. The monoisotopic (exact) mass is 257 g/mol. The van der Waals surface area contributed by atoms with Crippen LogP contribution >= 0.6 is 0 Å². The molecule has 19 heavy (non-hydrogen) atoms. The van der Waals surface area contributed by atoms with Gasteiger partial charge in [0.25, 0.3) is 0 Å². The molecule has 1 aromatic carbocycles. The molecule has 100 valence electrons. The number of aliphatic hydroxyl groups excluding tert-OH is 1. The summed E-state index contributed by atoms with van der Waals surface area (Å²) in [7, 11) is 0. The van der Waals surface area contributed by atoms with Crippen LogP contribution in [0.5, 0.6) is 0 Å². The van der Waals surface area contributed by atoms with E-state index >= 15 is 0 Å². The molecule has 4 nitrogen and oxygen atoms in total. The van der Waals surface area contributed by atoms with E-state index in [9.17, 15) is 5.11 Å². The molecule has 0 bridgehead atoms. The number of rotatable bonds is 5. The second-order valence-electron chi connectivity index (χ2n) is 4.60. The number of nitrogen functional groups attached to an aromatic ring is 1. The van der Waals surface area contributed by atoms with Crippen molar-refractivity contribution < 1.29 is 5.11 Å². The number of nitrogens with one attached hydrogen (secondary N) is 1. The lowest BCUT2D eigenvalue weighted by Gasteiger charge is -2.18. The van der Waals surface area contributed by atoms with E-state index in [4.69, 9.17) is 5.73 Å². The molecular weight excluding hydrogens is 238 g/mol. The zero-order valence-corrected chi connectivity index (χ0v) is 11.0. The molecule has 4 heteroatoms. The lowest BCUT2D eigenvalue weighted by molar-refractivity contribution is 0.273. The Morgan fingerprint density at radius 3 is 2.68 bits per heavy atom. The van der Waals surface area contributed by atoms with E-state index in [0.717, 1.165) is 12.0 Å². The smallest absolute Gasteiger partial charge is 0.149 e. The SMILES string of the molecule is Cc1ccnc(NC(CO)Cc2ccccc2)c1N. The summed E-state index contributed by atoms with van der Waals surface area (Å²) >= 11 is 0. The second-order valence-corrected chi connectivity index (χ2v) is 4.60. The minimum Gasteiger partial charge on any atom is -0.396 e. The number of nitrogens with two attached hydrogens (primary N) is 1. The number of benzene rings is 1. The Bertz CT molecular complexity index is 528. The molecule has 0 radical (unpaired) electrons. The highest BCUT2D eigenvalue weighted by atomic mass is 16.3. The molecule has 0 fully saturated rings. The maximum atomic E-state index is 9.48. The molecule has 1 aromatic heterocycles. The summed E-state index contributed by atoms with van der Waals surface area (Å²) in [5.74, 6) is 0.634. The van der Waals surface area contributed by atoms with Crippen LogP contribution in [-0.2, 0) is 6.42 Å². The maximum absolute atomic E-state index is 9.48. The molecule has 1 atom stereocenters. The zero-order chi connectivity index (χ0) is 13.7. The van der Waals surface area contributed by atoms with Crippen LogP contribution < -0.4 is 11.1 Å². The summed E-state index contributed by atoms with van der Waals surface area (Å²) < 4.78 is 0. The first-order chi connectivity index (χ1) is 9.20. The van der Waals surface area contributed by atoms with Gasteiger partial charge in [0.15, 0.2) is 0 Å². The number of anilines is 2. The Morgan fingerprint density at radius 1 is 1.26 bits per heavy atom. The van der Waals surface area contributed by atoms with Crippen molar-refractivity contribution in [1.82, 2.24) is 4.98 Å². The number of hydrogen-bond donors (Lipinski definition) is 3. The third-order valence-electron chi connectivity index (χ3n) is 3.09. The van der Waals surface area contributed by atoms with Gasteiger partial charge in [-0.15, -0.1) is 0 Å². The standard InChI is InChI=1S/C15H19N3O/c1-11-7-8-17-15(14(11)16)18-13(10-19)9-12-5-3-2-4-6-12/h2-8,13,19H,9-10,16H2,1H3,(H,17,18). The fraction of sp³-hybridized carbons (Fsp3) is 0.267. The molecule has 4 N–H and O–H groups in total. The highest BCUT2D eigenvalue weighted by Crippen LogP contribution is 2.20. The van der Waals surface area contributed by atoms with Crippen LogP contribution in [0.25, 0.3) is 0 Å². The van der Waals surface area contributed by atoms with E-state index in [-0.39, 0.29) is 12.6 Å². The summed E-state index contributed by atoms with van der Waals surface area (Å²) in [6, 6.07) is 11.8. The van der Waals surface area contributed by atoms with Gasteiger partial charge in [-0.3, -0.25) is 0 Å². The predicted octanol–water partition coefficient (Wildman–Crippen LogP) is 1.99. The first kappa shape index (κ1) is 13.4. The largest absolute Gasteiger partial charge is 0.396 e. The predicted molar refractivity (Wildman–Crippen MR) is 78.0 cm³/mol. The van der Waals surface area contributed by atoms with Crippen molar-refractivity contribution in [2.75, 3.05) is 17.7 Å². The molecule has 0 saturated carbocycles. The molecule has 2 rings (SSSR count). The van der Waals surface area contributed by atoms with Crippen molar-refractivity contribution >= 4 is 11.5 Å². The third-order valence-corrected chi connectivity index (χ3v) is 3.09. The minimum atomic E-state index is -0.0981. The van der Waals surface area contributed by atoms with Crippen molar-refractivity contribution in [3.8, 4) is 0 Å². The lowest BCUT2D eigenvalue weighted by atomic mass is 10.1. The normalized spacial score (nSPS) is 12.1. The van der Waals surface area contributed by atoms with Crippen molar-refractivity contribution in [3.63, 3.8) is 0 Å². The summed E-state index contributed by atoms with van der Waals surface area (Å²) in [6.45, 7) is 1.97. The molecule has 1 unspecified atom stereocenters. The van der Waals surface area contributed by atoms with Crippen molar-refractivity contribution in [2.45, 2.75) is 19.4 Å². The van der Waals surface area contributed by atoms with Gasteiger partial charge in [0.2, 0.25) is 0 Å². The van der Waals surface area contributed by atoms with Crippen LogP contribution in [0, 0.1) is 6.92 Å². The van der Waals surface area contributed by atoms with Gasteiger partial charge in [0.05, 0.1) is 18.3 Å². The second kappa shape index (κ2) is 6.20. The van der Waals surface area contributed by atoms with Gasteiger partial charge in [0, 0.05) is 6.20 Å². The van der Waals surface area contributed by atoms with E-state index in [1.165, 1.54) is 5.56 Å². The van der Waals surface area contributed by atoms with Crippen LogP contribution in [0.4, 0.5) is 11.5 Å². The Kier molecular flexibility index (Phi) is 4.36. The molecule has 0 aliphatic carbocycles. The lowest BCUT2D eigenvalue weighted by Crippen LogP contribution is -2.27. The Labute approximate surface area is 113 Å². The highest BCUT2D eigenvalue weighted by molar-refractivity contribution is 5.65. The fourth-order valence-electron chi connectivity index (χ4n) is 1.94. The number of hydrogen-bond acceptors (Lipinski definition) is 4. The molecule has 0 aliphatic rings. The van der Waals surface area contributed by atoms with Crippen LogP contribution in [0.3, 0.4) is 0 Å². The number of aryl methyl sites for hydroxylation is 1. The van der Waals surface area contributed by atoms with Gasteiger partial charge in [-0.2, -0.15) is 0 Å². The Balaban J connectivity index is 2.09. The average Bonchev–Trinajstić information content (AvgIpc) is 2.44. The number of aromatic nitrogens is 1. The molecule has 0 aliphatic heterocycles. The van der Waals surface area contributed by atoms with E-state index in [1.54, 1.807) is 6.20 Å². The van der Waals surface area contributed by atoms with Crippen molar-refractivity contribution in [1.29, 1.82) is 0 Å². The molecular formula is C15H19N3O. The summed E-state index contributed by atoms with van der Waals surface area (Å²) in [4.78, 5) is 4.22. The van der Waals surface area contributed by atoms with E-state index < -0.39 is 0 Å². The average molecular weight is 257 g/mol. The highest BCUT2D eigenvalue weighted by Gasteiger charge is 2.11. The van der Waals surface area contributed by atoms with E-state index in [0.29, 0.717) is 11.5 Å². The third kappa shape index (κ3) is 3.45. The van der Waals surface area contributed by atoms with Gasteiger partial charge >= 0.3 is 0 Å². The van der Waals surface area contributed by atoms with E-state index in [2.05, 4.69) is 10.3 Å². The van der Waals surface area contributed by atoms with Crippen molar-refractivity contribution in [2.24, 2.45) is 0 Å². The number of nitrogens with zero attached hydrogens (tertiary/aromatic N) is 1. The minimum absolute atomic E-state index is 0.0317. The Morgan fingerprint density at radius 2 is 2.00 bits per heavy atom. The topological polar surface area (TPSA) is 71.2 Å². The molecule has 1 heterocycles. The van der Waals surface area contributed by atoms with Crippen molar-refractivity contribution in [3.05, 3.63) is 53.7 Å². The molecule has 0 spiro atoms. The van der Waals surface area contributed by atoms with Gasteiger partial charge in [-0.1, -0.05) is 30.3 Å². The van der Waals surface area contributed by atoms with E-state index in [1.807, 2.05) is 43.3 Å². The van der Waals surface area contributed by atoms with Gasteiger partial charge in [-0.25, -0.2) is 4.98 Å². The molecule has 2 aromatic rings. The summed E-state index contributed by atoms with van der Waals surface area (Å²) in [6.07, 6.45) is 2.44. The van der Waals surface area contributed by atoms with Gasteiger partial charge < -0.3 is 16.2 Å². The van der Waals surface area contributed by atoms with Crippen LogP contribution in [0.15, 0.2) is 42.6 Å². The quantitative estimate of drug-likeness (QED) is 0.766. The Hall–Kier alpha value is -2.07. The number of pyridine rings is 1. The fourth-order valence-corrected chi connectivity index (χ4v) is 1.94. The van der Waals surface area contributed by atoms with Gasteiger partial charge in [0.1, 0.15) is 5.82 Å². The number of aliphatic hydroxyl groups is 1. The maximum Gasteiger partial charge on any atom is 0.149 e. The first-order valence-electron chi connectivity index (χ1n) is 6.33. The van der Waals surface area contributed by atoms with Gasteiger partial charge in [-0.05, 0) is 30.5 Å². The first-order valence-corrected chi connectivity index (χ1v) is 6.33. The van der Waals surface area contributed by atoms with Crippen LogP contribution in [0.2, 0.25) is 0 Å². The zero-order valence-electron chi connectivity index (χ0n) is 11.0. The molecule has 0 saturated heterocycles. The van der Waals surface area contributed by atoms with Crippen LogP contribution in [-0.4, -0.2) is 22.7 Å². The summed E-state index contributed by atoms with van der Waals surface area (Å²) in [5.41, 5.74) is 8.75. The van der Waals surface area contributed by atoms with Crippen LogP contribution in [0.1, 0.15) is 11.1 Å². The molecule has 0 amide bonds.